The van der Waals surface area contributed by atoms with Crippen molar-refractivity contribution in [1.82, 2.24) is 15.0 Å². The molecule has 3 aromatic rings. The molecule has 1 aromatic carbocycles. The Morgan fingerprint density at radius 3 is 2.48 bits per heavy atom. The van der Waals surface area contributed by atoms with Gasteiger partial charge in [0, 0.05) is 16.9 Å². The molecule has 126 valence electrons. The Balaban J connectivity index is 1.86. The van der Waals surface area contributed by atoms with E-state index in [0.717, 1.165) is 11.4 Å². The van der Waals surface area contributed by atoms with Crippen molar-refractivity contribution in [3.63, 3.8) is 0 Å². The summed E-state index contributed by atoms with van der Waals surface area (Å²) < 4.78 is 0. The number of nitrogens with two attached hydrogens (primary N) is 1. The van der Waals surface area contributed by atoms with Crippen molar-refractivity contribution in [1.29, 1.82) is 0 Å². The van der Waals surface area contributed by atoms with E-state index in [4.69, 9.17) is 5.73 Å². The molecule has 0 radical (unpaired) electrons. The van der Waals surface area contributed by atoms with Gasteiger partial charge in [0.2, 0.25) is 0 Å². The van der Waals surface area contributed by atoms with Crippen molar-refractivity contribution in [3.8, 4) is 0 Å². The van der Waals surface area contributed by atoms with Gasteiger partial charge in [-0.2, -0.15) is 0 Å². The number of rotatable bonds is 5. The van der Waals surface area contributed by atoms with Gasteiger partial charge in [0.1, 0.15) is 17.8 Å². The number of ketones is 1. The van der Waals surface area contributed by atoms with Crippen LogP contribution in [0.4, 0.5) is 28.8 Å². The minimum absolute atomic E-state index is 0.00723. The highest BCUT2D eigenvalue weighted by atomic mass is 16.1. The molecular weight excluding hydrogens is 316 g/mol. The molecule has 2 aromatic heterocycles. The number of hydrogen-bond acceptors (Lipinski definition) is 7. The van der Waals surface area contributed by atoms with Gasteiger partial charge in [-0.3, -0.25) is 4.79 Å². The van der Waals surface area contributed by atoms with E-state index >= 15 is 0 Å². The first-order valence-electron chi connectivity index (χ1n) is 7.72. The summed E-state index contributed by atoms with van der Waals surface area (Å²) in [4.78, 5) is 24.2. The molecule has 2 heterocycles. The Bertz CT molecular complexity index is 925. The van der Waals surface area contributed by atoms with Gasteiger partial charge in [0.15, 0.2) is 17.4 Å². The van der Waals surface area contributed by atoms with Crippen LogP contribution >= 0.6 is 0 Å². The molecule has 3 rings (SSSR count). The van der Waals surface area contributed by atoms with E-state index in [0.29, 0.717) is 28.7 Å². The topological polar surface area (TPSA) is 106 Å². The van der Waals surface area contributed by atoms with E-state index in [2.05, 4.69) is 25.6 Å². The third kappa shape index (κ3) is 3.89. The predicted octanol–water partition coefficient (Wildman–Crippen LogP) is 3.45. The van der Waals surface area contributed by atoms with Gasteiger partial charge in [0.25, 0.3) is 0 Å². The van der Waals surface area contributed by atoms with Crippen molar-refractivity contribution in [2.24, 2.45) is 0 Å². The summed E-state index contributed by atoms with van der Waals surface area (Å²) in [5, 5.41) is 6.20. The average Bonchev–Trinajstić information content (AvgIpc) is 2.59. The molecule has 0 aliphatic rings. The van der Waals surface area contributed by atoms with Crippen LogP contribution in [0.25, 0.3) is 0 Å². The highest BCUT2D eigenvalue weighted by Gasteiger charge is 2.10. The molecule has 0 aliphatic heterocycles. The minimum Gasteiger partial charge on any atom is -0.393 e. The Labute approximate surface area is 145 Å². The number of benzene rings is 1. The van der Waals surface area contributed by atoms with Gasteiger partial charge < -0.3 is 16.4 Å². The Kier molecular flexibility index (Phi) is 4.56. The maximum atomic E-state index is 11.5. The SMILES string of the molecule is CC(=O)c1cccc(Nc2ncnc(Nc3cccc(C)n3)c2N)c1. The quantitative estimate of drug-likeness (QED) is 0.614. The summed E-state index contributed by atoms with van der Waals surface area (Å²) in [5.74, 6) is 1.55. The summed E-state index contributed by atoms with van der Waals surface area (Å²) in [6, 6.07) is 12.8. The molecule has 0 unspecified atom stereocenters. The third-order valence-corrected chi connectivity index (χ3v) is 3.55. The number of nitrogens with one attached hydrogen (secondary N) is 2. The fourth-order valence-electron chi connectivity index (χ4n) is 2.28. The van der Waals surface area contributed by atoms with E-state index in [-0.39, 0.29) is 5.78 Å². The normalized spacial score (nSPS) is 10.3. The number of pyridine rings is 1. The summed E-state index contributed by atoms with van der Waals surface area (Å²) in [6.07, 6.45) is 1.41. The first kappa shape index (κ1) is 16.4. The van der Waals surface area contributed by atoms with Crippen molar-refractivity contribution in [2.45, 2.75) is 13.8 Å². The number of carbonyl (C=O) groups excluding carboxylic acids is 1. The van der Waals surface area contributed by atoms with Crippen molar-refractivity contribution < 1.29 is 4.79 Å². The number of aryl methyl sites for hydroxylation is 1. The molecule has 0 aliphatic carbocycles. The van der Waals surface area contributed by atoms with E-state index in [9.17, 15) is 4.79 Å². The van der Waals surface area contributed by atoms with Crippen LogP contribution in [0.15, 0.2) is 48.8 Å². The van der Waals surface area contributed by atoms with Crippen molar-refractivity contribution in [3.05, 3.63) is 60.0 Å². The zero-order chi connectivity index (χ0) is 17.8. The van der Waals surface area contributed by atoms with Crippen LogP contribution in [0.5, 0.6) is 0 Å². The summed E-state index contributed by atoms with van der Waals surface area (Å²) >= 11 is 0. The summed E-state index contributed by atoms with van der Waals surface area (Å²) in [5.41, 5.74) is 8.75. The molecule has 0 atom stereocenters. The highest BCUT2D eigenvalue weighted by Crippen LogP contribution is 2.27. The smallest absolute Gasteiger partial charge is 0.160 e. The number of nitrogens with zero attached hydrogens (tertiary/aromatic N) is 3. The van der Waals surface area contributed by atoms with Gasteiger partial charge in [-0.05, 0) is 38.1 Å². The van der Waals surface area contributed by atoms with Crippen LogP contribution in [0.3, 0.4) is 0 Å². The molecule has 0 saturated carbocycles. The van der Waals surface area contributed by atoms with Crippen LogP contribution < -0.4 is 16.4 Å². The number of Topliss-reactive ketones (excluding diaryl/α,β-unsaturated/α-hetero) is 1. The monoisotopic (exact) mass is 334 g/mol. The van der Waals surface area contributed by atoms with E-state index < -0.39 is 0 Å². The van der Waals surface area contributed by atoms with Crippen molar-refractivity contribution in [2.75, 3.05) is 16.4 Å². The number of hydrogen-bond donors (Lipinski definition) is 3. The lowest BCUT2D eigenvalue weighted by Crippen LogP contribution is -2.06. The molecule has 0 saturated heterocycles. The van der Waals surface area contributed by atoms with Crippen LogP contribution in [0, 0.1) is 6.92 Å². The molecule has 0 spiro atoms. The molecule has 25 heavy (non-hydrogen) atoms. The standard InChI is InChI=1S/C18H18N6O/c1-11-5-3-8-15(22-11)24-18-16(19)17(20-10-21-18)23-14-7-4-6-13(9-14)12(2)25/h3-10H,19H2,1-2H3,(H2,20,21,22,23,24). The molecule has 7 heteroatoms. The second-order valence-electron chi connectivity index (χ2n) is 5.54. The molecule has 0 amide bonds. The van der Waals surface area contributed by atoms with Crippen LogP contribution in [-0.4, -0.2) is 20.7 Å². The lowest BCUT2D eigenvalue weighted by molar-refractivity contribution is 0.101. The second-order valence-corrected chi connectivity index (χ2v) is 5.54. The molecule has 7 nitrogen and oxygen atoms in total. The maximum Gasteiger partial charge on any atom is 0.160 e. The first-order valence-corrected chi connectivity index (χ1v) is 7.72. The van der Waals surface area contributed by atoms with Crippen LogP contribution in [0.2, 0.25) is 0 Å². The minimum atomic E-state index is -0.00723. The van der Waals surface area contributed by atoms with Crippen LogP contribution in [-0.2, 0) is 0 Å². The molecule has 0 bridgehead atoms. The highest BCUT2D eigenvalue weighted by molar-refractivity contribution is 5.95. The van der Waals surface area contributed by atoms with E-state index in [1.807, 2.05) is 31.2 Å². The van der Waals surface area contributed by atoms with Gasteiger partial charge in [-0.15, -0.1) is 0 Å². The van der Waals surface area contributed by atoms with Gasteiger partial charge in [0.05, 0.1) is 0 Å². The van der Waals surface area contributed by atoms with Gasteiger partial charge >= 0.3 is 0 Å². The summed E-state index contributed by atoms with van der Waals surface area (Å²) in [6.45, 7) is 3.43. The second kappa shape index (κ2) is 6.96. The zero-order valence-corrected chi connectivity index (χ0v) is 13.9. The van der Waals surface area contributed by atoms with E-state index in [1.54, 1.807) is 18.2 Å². The maximum absolute atomic E-state index is 11.5. The Morgan fingerprint density at radius 1 is 1.04 bits per heavy atom. The first-order chi connectivity index (χ1) is 12.0. The fourth-order valence-corrected chi connectivity index (χ4v) is 2.28. The number of carbonyl (C=O) groups is 1. The zero-order valence-electron chi connectivity index (χ0n) is 13.9. The van der Waals surface area contributed by atoms with Gasteiger partial charge in [-0.1, -0.05) is 18.2 Å². The number of nitrogen functional groups attached to an aromatic ring is 1. The lowest BCUT2D eigenvalue weighted by atomic mass is 10.1. The lowest BCUT2D eigenvalue weighted by Gasteiger charge is -2.12. The molecule has 0 fully saturated rings. The number of aromatic nitrogens is 3. The van der Waals surface area contributed by atoms with Crippen LogP contribution in [0.1, 0.15) is 23.0 Å². The number of anilines is 5. The van der Waals surface area contributed by atoms with Gasteiger partial charge in [-0.25, -0.2) is 15.0 Å². The Hall–Kier alpha value is -3.48. The summed E-state index contributed by atoms with van der Waals surface area (Å²) in [7, 11) is 0. The predicted molar refractivity (Wildman–Crippen MR) is 98.4 cm³/mol. The van der Waals surface area contributed by atoms with E-state index in [1.165, 1.54) is 13.3 Å². The Morgan fingerprint density at radius 2 is 1.76 bits per heavy atom. The molecular formula is C18H18N6O. The fraction of sp³-hybridized carbons (Fsp3) is 0.111. The third-order valence-electron chi connectivity index (χ3n) is 3.55. The van der Waals surface area contributed by atoms with Crippen molar-refractivity contribution >= 4 is 34.6 Å². The molecule has 4 N–H and O–H groups in total. The largest absolute Gasteiger partial charge is 0.393 e. The average molecular weight is 334 g/mol.